The van der Waals surface area contributed by atoms with E-state index in [0.717, 1.165) is 44.1 Å². The first-order valence-electron chi connectivity index (χ1n) is 6.07. The van der Waals surface area contributed by atoms with E-state index in [4.69, 9.17) is 4.74 Å². The number of rotatable bonds is 4. The maximum absolute atomic E-state index is 5.38. The van der Waals surface area contributed by atoms with Crippen molar-refractivity contribution in [3.8, 4) is 0 Å². The monoisotopic (exact) mass is 236 g/mol. The molecule has 0 atom stereocenters. The van der Waals surface area contributed by atoms with Crippen molar-refractivity contribution in [2.45, 2.75) is 25.4 Å². The van der Waals surface area contributed by atoms with Gasteiger partial charge in [-0.2, -0.15) is 0 Å². The predicted octanol–water partition coefficient (Wildman–Crippen LogP) is 0.811. The Bertz CT molecular complexity index is 352. The topological polar surface area (TPSA) is 50.3 Å². The van der Waals surface area contributed by atoms with E-state index in [9.17, 15) is 0 Å². The fourth-order valence-electron chi connectivity index (χ4n) is 2.09. The molecule has 0 spiro atoms. The fourth-order valence-corrected chi connectivity index (χ4v) is 2.09. The van der Waals surface area contributed by atoms with Crippen LogP contribution in [0.5, 0.6) is 0 Å². The van der Waals surface area contributed by atoms with Gasteiger partial charge in [0.2, 0.25) is 0 Å². The van der Waals surface area contributed by atoms with Crippen molar-refractivity contribution >= 4 is 5.82 Å². The minimum absolute atomic E-state index is 0.517. The lowest BCUT2D eigenvalue weighted by Crippen LogP contribution is -2.37. The number of nitrogens with one attached hydrogen (secondary N) is 1. The van der Waals surface area contributed by atoms with Crippen LogP contribution in [0.25, 0.3) is 0 Å². The summed E-state index contributed by atoms with van der Waals surface area (Å²) < 4.78 is 5.38. The summed E-state index contributed by atoms with van der Waals surface area (Å²) in [7, 11) is 4.00. The summed E-state index contributed by atoms with van der Waals surface area (Å²) in [6.45, 7) is 2.44. The van der Waals surface area contributed by atoms with Gasteiger partial charge in [0.15, 0.2) is 0 Å². The third-order valence-corrected chi connectivity index (χ3v) is 3.13. The molecule has 5 nitrogen and oxygen atoms in total. The molecule has 0 unspecified atom stereocenters. The molecule has 1 aliphatic heterocycles. The molecule has 1 aliphatic rings. The van der Waals surface area contributed by atoms with Gasteiger partial charge in [-0.25, -0.2) is 4.98 Å². The van der Waals surface area contributed by atoms with E-state index in [2.05, 4.69) is 27.2 Å². The van der Waals surface area contributed by atoms with Crippen molar-refractivity contribution in [1.29, 1.82) is 0 Å². The van der Waals surface area contributed by atoms with Gasteiger partial charge in [0.25, 0.3) is 0 Å². The third-order valence-electron chi connectivity index (χ3n) is 3.13. The van der Waals surface area contributed by atoms with Crippen LogP contribution in [0.2, 0.25) is 0 Å². The lowest BCUT2D eigenvalue weighted by atomic mass is 10.1. The van der Waals surface area contributed by atoms with E-state index in [1.165, 1.54) is 0 Å². The van der Waals surface area contributed by atoms with Crippen molar-refractivity contribution in [3.05, 3.63) is 18.1 Å². The summed E-state index contributed by atoms with van der Waals surface area (Å²) in [6, 6.07) is 0.517. The molecule has 94 valence electrons. The smallest absolute Gasteiger partial charge is 0.147 e. The van der Waals surface area contributed by atoms with Crippen LogP contribution in [-0.4, -0.2) is 43.3 Å². The molecular weight excluding hydrogens is 216 g/mol. The summed E-state index contributed by atoms with van der Waals surface area (Å²) in [4.78, 5) is 11.1. The highest BCUT2D eigenvalue weighted by atomic mass is 16.5. The molecule has 1 fully saturated rings. The molecule has 2 rings (SSSR count). The molecular formula is C12H20N4O. The van der Waals surface area contributed by atoms with Gasteiger partial charge >= 0.3 is 0 Å². The van der Waals surface area contributed by atoms with Crippen LogP contribution in [0.3, 0.4) is 0 Å². The Hall–Kier alpha value is -1.20. The summed E-state index contributed by atoms with van der Waals surface area (Å²) in [5, 5.41) is 3.09. The van der Waals surface area contributed by atoms with Crippen LogP contribution >= 0.6 is 0 Å². The molecule has 0 amide bonds. The average Bonchev–Trinajstić information content (AvgIpc) is 2.40. The molecule has 0 radical (unpaired) electrons. The second-order valence-corrected chi connectivity index (χ2v) is 4.35. The molecule has 0 aliphatic carbocycles. The maximum Gasteiger partial charge on any atom is 0.147 e. The van der Waals surface area contributed by atoms with Crippen LogP contribution in [0.4, 0.5) is 5.82 Å². The van der Waals surface area contributed by atoms with Crippen molar-refractivity contribution in [1.82, 2.24) is 15.3 Å². The SMILES string of the molecule is CNCc1cncc(N(C)C2CCOCC2)n1. The van der Waals surface area contributed by atoms with Crippen LogP contribution in [0, 0.1) is 0 Å². The van der Waals surface area contributed by atoms with Crippen molar-refractivity contribution in [2.24, 2.45) is 0 Å². The first-order valence-corrected chi connectivity index (χ1v) is 6.07. The Balaban J connectivity index is 2.06. The molecule has 0 aromatic carbocycles. The normalized spacial score (nSPS) is 17.1. The van der Waals surface area contributed by atoms with Crippen LogP contribution < -0.4 is 10.2 Å². The molecule has 5 heteroatoms. The average molecular weight is 236 g/mol. The van der Waals surface area contributed by atoms with Gasteiger partial charge in [-0.1, -0.05) is 0 Å². The minimum atomic E-state index is 0.517. The quantitative estimate of drug-likeness (QED) is 0.838. The first kappa shape index (κ1) is 12.3. The Kier molecular flexibility index (Phi) is 4.28. The predicted molar refractivity (Wildman–Crippen MR) is 67.0 cm³/mol. The van der Waals surface area contributed by atoms with Gasteiger partial charge in [0, 0.05) is 39.0 Å². The minimum Gasteiger partial charge on any atom is -0.381 e. The van der Waals surface area contributed by atoms with E-state index in [1.54, 1.807) is 6.20 Å². The number of ether oxygens (including phenoxy) is 1. The zero-order chi connectivity index (χ0) is 12.1. The van der Waals surface area contributed by atoms with Gasteiger partial charge < -0.3 is 15.0 Å². The molecule has 1 aromatic rings. The van der Waals surface area contributed by atoms with Crippen molar-refractivity contribution in [2.75, 3.05) is 32.2 Å². The van der Waals surface area contributed by atoms with Gasteiger partial charge in [-0.3, -0.25) is 4.98 Å². The largest absolute Gasteiger partial charge is 0.381 e. The molecule has 0 bridgehead atoms. The second-order valence-electron chi connectivity index (χ2n) is 4.35. The summed E-state index contributed by atoms with van der Waals surface area (Å²) in [6.07, 6.45) is 5.76. The lowest BCUT2D eigenvalue weighted by molar-refractivity contribution is 0.0853. The number of aromatic nitrogens is 2. The van der Waals surface area contributed by atoms with E-state index >= 15 is 0 Å². The second kappa shape index (κ2) is 5.93. The Labute approximate surface area is 102 Å². The van der Waals surface area contributed by atoms with Gasteiger partial charge in [-0.15, -0.1) is 0 Å². The first-order chi connectivity index (χ1) is 8.31. The number of hydrogen-bond donors (Lipinski definition) is 1. The van der Waals surface area contributed by atoms with E-state index < -0.39 is 0 Å². The molecule has 1 N–H and O–H groups in total. The Morgan fingerprint density at radius 3 is 2.88 bits per heavy atom. The molecule has 1 aromatic heterocycles. The van der Waals surface area contributed by atoms with Gasteiger partial charge in [-0.05, 0) is 19.9 Å². The standard InChI is InChI=1S/C12H20N4O/c1-13-7-10-8-14-9-12(15-10)16(2)11-3-5-17-6-4-11/h8-9,11,13H,3-7H2,1-2H3. The number of nitrogens with zero attached hydrogens (tertiary/aromatic N) is 3. The van der Waals surface area contributed by atoms with Gasteiger partial charge in [0.05, 0.1) is 11.9 Å². The number of anilines is 1. The van der Waals surface area contributed by atoms with E-state index in [-0.39, 0.29) is 0 Å². The summed E-state index contributed by atoms with van der Waals surface area (Å²) in [5.74, 6) is 0.949. The van der Waals surface area contributed by atoms with E-state index in [1.807, 2.05) is 13.2 Å². The zero-order valence-corrected chi connectivity index (χ0v) is 10.5. The zero-order valence-electron chi connectivity index (χ0n) is 10.5. The highest BCUT2D eigenvalue weighted by Crippen LogP contribution is 2.18. The highest BCUT2D eigenvalue weighted by molar-refractivity contribution is 5.36. The molecule has 2 heterocycles. The number of hydrogen-bond acceptors (Lipinski definition) is 5. The molecule has 0 saturated carbocycles. The summed E-state index contributed by atoms with van der Waals surface area (Å²) >= 11 is 0. The lowest BCUT2D eigenvalue weighted by Gasteiger charge is -2.31. The molecule has 17 heavy (non-hydrogen) atoms. The summed E-state index contributed by atoms with van der Waals surface area (Å²) in [5.41, 5.74) is 0.976. The Morgan fingerprint density at radius 1 is 1.41 bits per heavy atom. The van der Waals surface area contributed by atoms with Crippen LogP contribution in [-0.2, 0) is 11.3 Å². The Morgan fingerprint density at radius 2 is 2.18 bits per heavy atom. The van der Waals surface area contributed by atoms with Crippen LogP contribution in [0.15, 0.2) is 12.4 Å². The third kappa shape index (κ3) is 3.14. The van der Waals surface area contributed by atoms with E-state index in [0.29, 0.717) is 6.04 Å². The van der Waals surface area contributed by atoms with Crippen molar-refractivity contribution in [3.63, 3.8) is 0 Å². The highest BCUT2D eigenvalue weighted by Gasteiger charge is 2.19. The van der Waals surface area contributed by atoms with Gasteiger partial charge in [0.1, 0.15) is 5.82 Å². The maximum atomic E-state index is 5.38. The molecule has 1 saturated heterocycles. The van der Waals surface area contributed by atoms with Crippen molar-refractivity contribution < 1.29 is 4.74 Å². The fraction of sp³-hybridized carbons (Fsp3) is 0.667. The van der Waals surface area contributed by atoms with Crippen LogP contribution in [0.1, 0.15) is 18.5 Å².